The van der Waals surface area contributed by atoms with E-state index in [4.69, 9.17) is 20.9 Å². The number of primary amides is 1. The van der Waals surface area contributed by atoms with E-state index in [1.807, 2.05) is 0 Å². The number of hydrogen-bond donors (Lipinski definition) is 5. The third-order valence-electron chi connectivity index (χ3n) is 4.79. The van der Waals surface area contributed by atoms with Crippen LogP contribution in [0.1, 0.15) is 60.8 Å². The molecular formula is C21H38N8O8. The smallest absolute Gasteiger partial charge is 0.411 e. The van der Waals surface area contributed by atoms with Crippen LogP contribution in [0.3, 0.4) is 0 Å². The normalized spacial score (nSPS) is 19.0. The fourth-order valence-electron chi connectivity index (χ4n) is 3.45. The predicted octanol–water partition coefficient (Wildman–Crippen LogP) is -0.265. The number of amides is 4. The van der Waals surface area contributed by atoms with Gasteiger partial charge in [-0.25, -0.2) is 24.7 Å². The largest absolute Gasteiger partial charge is 0.444 e. The molecule has 0 aliphatic carbocycles. The van der Waals surface area contributed by atoms with Gasteiger partial charge < -0.3 is 31.6 Å². The molecule has 0 aromatic carbocycles. The summed E-state index contributed by atoms with van der Waals surface area (Å²) in [4.78, 5) is 65.5. The van der Waals surface area contributed by atoms with Crippen LogP contribution in [0.25, 0.3) is 0 Å². The molecule has 1 saturated heterocycles. The maximum atomic E-state index is 13.1. The van der Waals surface area contributed by atoms with Crippen molar-refractivity contribution in [3.63, 3.8) is 0 Å². The molecule has 1 rings (SSSR count). The second-order valence-corrected chi connectivity index (χ2v) is 10.4. The molecular weight excluding hydrogens is 492 g/mol. The first-order valence-corrected chi connectivity index (χ1v) is 11.7. The summed E-state index contributed by atoms with van der Waals surface area (Å²) < 4.78 is 10.6. The van der Waals surface area contributed by atoms with E-state index in [0.29, 0.717) is 0 Å². The summed E-state index contributed by atoms with van der Waals surface area (Å²) in [6.45, 7) is 10.1. The van der Waals surface area contributed by atoms with Gasteiger partial charge in [0.25, 0.3) is 5.96 Å². The highest BCUT2D eigenvalue weighted by Crippen LogP contribution is 2.22. The van der Waals surface area contributed by atoms with Gasteiger partial charge in [-0.1, -0.05) is 5.43 Å². The zero-order valence-corrected chi connectivity index (χ0v) is 22.0. The molecule has 7 N–H and O–H groups in total. The lowest BCUT2D eigenvalue weighted by atomic mass is 10.1. The quantitative estimate of drug-likeness (QED) is 0.0860. The van der Waals surface area contributed by atoms with Crippen molar-refractivity contribution in [1.82, 2.24) is 21.0 Å². The Hall–Kier alpha value is -3.85. The third-order valence-corrected chi connectivity index (χ3v) is 4.79. The predicted molar refractivity (Wildman–Crippen MR) is 131 cm³/mol. The van der Waals surface area contributed by atoms with E-state index in [-0.39, 0.29) is 32.4 Å². The van der Waals surface area contributed by atoms with Crippen LogP contribution in [0, 0.1) is 10.1 Å². The lowest BCUT2D eigenvalue weighted by Crippen LogP contribution is -2.57. The van der Waals surface area contributed by atoms with E-state index >= 15 is 0 Å². The Balaban J connectivity index is 2.95. The number of likely N-dealkylation sites (tertiary alicyclic amines) is 1. The van der Waals surface area contributed by atoms with Gasteiger partial charge in [-0.2, -0.15) is 0 Å². The fraction of sp³-hybridized carbons (Fsp3) is 0.762. The zero-order chi connectivity index (χ0) is 28.6. The Morgan fingerprint density at radius 1 is 1.11 bits per heavy atom. The van der Waals surface area contributed by atoms with Gasteiger partial charge in [-0.3, -0.25) is 14.5 Å². The van der Waals surface area contributed by atoms with Crippen molar-refractivity contribution in [2.45, 2.75) is 90.1 Å². The van der Waals surface area contributed by atoms with Crippen LogP contribution in [-0.4, -0.2) is 82.3 Å². The van der Waals surface area contributed by atoms with Crippen LogP contribution in [0.4, 0.5) is 9.59 Å². The Kier molecular flexibility index (Phi) is 10.9. The number of hydrazine groups is 1. The maximum absolute atomic E-state index is 13.1. The van der Waals surface area contributed by atoms with Crippen LogP contribution in [0.2, 0.25) is 0 Å². The van der Waals surface area contributed by atoms with E-state index < -0.39 is 64.3 Å². The Bertz CT molecular complexity index is 896. The third kappa shape index (κ3) is 11.6. The Morgan fingerprint density at radius 3 is 2.22 bits per heavy atom. The minimum absolute atomic E-state index is 0.0201. The van der Waals surface area contributed by atoms with Gasteiger partial charge in [0.05, 0.1) is 6.04 Å². The van der Waals surface area contributed by atoms with Crippen LogP contribution in [0.5, 0.6) is 0 Å². The van der Waals surface area contributed by atoms with E-state index in [2.05, 4.69) is 15.6 Å². The number of rotatable bonds is 9. The molecule has 1 heterocycles. The number of aliphatic imine (C=N–C) groups is 1. The number of ether oxygens (including phenoxy) is 2. The summed E-state index contributed by atoms with van der Waals surface area (Å²) in [6, 6.07) is -3.09. The molecule has 0 saturated carbocycles. The monoisotopic (exact) mass is 530 g/mol. The van der Waals surface area contributed by atoms with E-state index in [0.717, 1.165) is 4.90 Å². The van der Waals surface area contributed by atoms with Crippen LogP contribution in [-0.2, 0) is 19.1 Å². The number of guanidine groups is 1. The Labute approximate surface area is 215 Å². The summed E-state index contributed by atoms with van der Waals surface area (Å²) >= 11 is 0. The Morgan fingerprint density at radius 2 is 1.70 bits per heavy atom. The standard InChI is InChI=1S/C21H38N8O8/c1-20(2,3)36-18(32)26-13(8-7-10-24-17(23)27-29(34)35)16(31)25-12-9-11-28(14(12)15(22)30)19(33)37-21(4,5)6/h12-14H,7-11H2,1-6H3,(H2,22,30)(H,25,31)(H,26,32)(H3,23,24,27)/t12-,13-,14-/m0/s1. The number of hydrogen-bond acceptors (Lipinski definition) is 9. The number of nitrogens with one attached hydrogen (secondary N) is 3. The maximum Gasteiger partial charge on any atom is 0.411 e. The van der Waals surface area contributed by atoms with Crippen LogP contribution in [0.15, 0.2) is 4.99 Å². The molecule has 1 fully saturated rings. The summed E-state index contributed by atoms with van der Waals surface area (Å²) in [5.41, 5.74) is 11.0. The molecule has 3 atom stereocenters. The molecule has 16 nitrogen and oxygen atoms in total. The molecule has 0 aromatic heterocycles. The molecule has 37 heavy (non-hydrogen) atoms. The average molecular weight is 531 g/mol. The van der Waals surface area contributed by atoms with Crippen molar-refractivity contribution in [1.29, 1.82) is 0 Å². The zero-order valence-electron chi connectivity index (χ0n) is 22.0. The second kappa shape index (κ2) is 12.9. The summed E-state index contributed by atoms with van der Waals surface area (Å²) in [5, 5.41) is 14.7. The van der Waals surface area contributed by atoms with E-state index in [1.165, 1.54) is 0 Å². The number of alkyl carbamates (subject to hydrolysis) is 1. The van der Waals surface area contributed by atoms with Gasteiger partial charge in [0.1, 0.15) is 23.3 Å². The lowest BCUT2D eigenvalue weighted by Gasteiger charge is -2.29. The van der Waals surface area contributed by atoms with Gasteiger partial charge in [-0.15, -0.1) is 0 Å². The molecule has 210 valence electrons. The molecule has 0 bridgehead atoms. The number of carbonyl (C=O) groups is 4. The van der Waals surface area contributed by atoms with Gasteiger partial charge in [0.2, 0.25) is 11.8 Å². The second-order valence-electron chi connectivity index (χ2n) is 10.4. The van der Waals surface area contributed by atoms with E-state index in [9.17, 15) is 29.3 Å². The number of nitro groups is 1. The van der Waals surface area contributed by atoms with Crippen molar-refractivity contribution < 1.29 is 33.7 Å². The topological polar surface area (TPSA) is 234 Å². The van der Waals surface area contributed by atoms with Crippen molar-refractivity contribution in [3.05, 3.63) is 10.1 Å². The first kappa shape index (κ1) is 31.2. The van der Waals surface area contributed by atoms with Gasteiger partial charge in [0.15, 0.2) is 5.03 Å². The van der Waals surface area contributed by atoms with Crippen molar-refractivity contribution in [2.75, 3.05) is 13.1 Å². The number of nitrogens with two attached hydrogens (primary N) is 2. The SMILES string of the molecule is CC(C)(C)OC(=O)N[C@@H](CCCN=C(N)N[N+](=O)[O-])C(=O)N[C@H]1CCN(C(=O)OC(C)(C)C)[C@@H]1C(N)=O. The first-order valence-electron chi connectivity index (χ1n) is 11.7. The van der Waals surface area contributed by atoms with Crippen LogP contribution >= 0.6 is 0 Å². The van der Waals surface area contributed by atoms with Crippen molar-refractivity contribution in [3.8, 4) is 0 Å². The fourth-order valence-corrected chi connectivity index (χ4v) is 3.45. The summed E-state index contributed by atoms with van der Waals surface area (Å²) in [5.74, 6) is -1.88. The highest BCUT2D eigenvalue weighted by molar-refractivity contribution is 5.89. The molecule has 0 unspecified atom stereocenters. The number of nitrogens with zero attached hydrogens (tertiary/aromatic N) is 3. The number of carbonyl (C=O) groups excluding carboxylic acids is 4. The van der Waals surface area contributed by atoms with Gasteiger partial charge >= 0.3 is 12.2 Å². The molecule has 4 amide bonds. The molecule has 0 aromatic rings. The molecule has 0 spiro atoms. The van der Waals surface area contributed by atoms with Gasteiger partial charge in [0, 0.05) is 13.1 Å². The molecule has 0 radical (unpaired) electrons. The van der Waals surface area contributed by atoms with Crippen LogP contribution < -0.4 is 27.5 Å². The average Bonchev–Trinajstić information content (AvgIpc) is 3.11. The lowest BCUT2D eigenvalue weighted by molar-refractivity contribution is -0.525. The van der Waals surface area contributed by atoms with E-state index in [1.54, 1.807) is 47.0 Å². The van der Waals surface area contributed by atoms with Crippen molar-refractivity contribution >= 4 is 30.0 Å². The van der Waals surface area contributed by atoms with Crippen molar-refractivity contribution in [2.24, 2.45) is 16.5 Å². The molecule has 16 heteroatoms. The highest BCUT2D eigenvalue weighted by atomic mass is 16.7. The minimum atomic E-state index is -1.15. The first-order chi connectivity index (χ1) is 16.9. The summed E-state index contributed by atoms with van der Waals surface area (Å²) in [7, 11) is 0. The molecule has 1 aliphatic heterocycles. The summed E-state index contributed by atoms with van der Waals surface area (Å²) in [6.07, 6.45) is -1.09. The van der Waals surface area contributed by atoms with Gasteiger partial charge in [-0.05, 0) is 60.8 Å². The molecule has 1 aliphatic rings. The minimum Gasteiger partial charge on any atom is -0.444 e. The highest BCUT2D eigenvalue weighted by Gasteiger charge is 2.44.